The summed E-state index contributed by atoms with van der Waals surface area (Å²) in [5.41, 5.74) is 3.40. The van der Waals surface area contributed by atoms with Crippen molar-refractivity contribution in [2.45, 2.75) is 12.5 Å². The molecule has 0 aromatic heterocycles. The van der Waals surface area contributed by atoms with Crippen molar-refractivity contribution in [2.75, 3.05) is 7.11 Å². The van der Waals surface area contributed by atoms with Crippen LogP contribution in [0.15, 0.2) is 36.4 Å². The number of hydrazine groups is 1. The summed E-state index contributed by atoms with van der Waals surface area (Å²) in [6.07, 6.45) is 0.306. The molecule has 0 saturated heterocycles. The summed E-state index contributed by atoms with van der Waals surface area (Å²) in [7, 11) is 1.53. The van der Waals surface area contributed by atoms with Crippen molar-refractivity contribution in [3.8, 4) is 5.75 Å². The Morgan fingerprint density at radius 3 is 2.67 bits per heavy atom. The molecule has 1 atom stereocenters. The zero-order valence-electron chi connectivity index (χ0n) is 11.4. The molecular formula is C15H15ClF2N2O. The van der Waals surface area contributed by atoms with Gasteiger partial charge in [-0.05, 0) is 48.4 Å². The Balaban J connectivity index is 2.35. The van der Waals surface area contributed by atoms with E-state index in [1.54, 1.807) is 18.2 Å². The summed E-state index contributed by atoms with van der Waals surface area (Å²) in [6, 6.07) is 7.77. The maximum absolute atomic E-state index is 13.9. The number of rotatable bonds is 5. The Morgan fingerprint density at radius 1 is 1.24 bits per heavy atom. The molecule has 21 heavy (non-hydrogen) atoms. The number of benzene rings is 2. The lowest BCUT2D eigenvalue weighted by Crippen LogP contribution is -2.30. The first-order chi connectivity index (χ1) is 10.0. The molecule has 0 heterocycles. The first kappa shape index (κ1) is 15.7. The second-order valence-corrected chi connectivity index (χ2v) is 4.98. The second kappa shape index (κ2) is 6.85. The monoisotopic (exact) mass is 312 g/mol. The van der Waals surface area contributed by atoms with Crippen molar-refractivity contribution < 1.29 is 13.5 Å². The molecule has 1 unspecified atom stereocenters. The molecule has 6 heteroatoms. The summed E-state index contributed by atoms with van der Waals surface area (Å²) in [4.78, 5) is 0. The molecule has 112 valence electrons. The largest absolute Gasteiger partial charge is 0.496 e. The molecule has 2 aromatic rings. The van der Waals surface area contributed by atoms with Gasteiger partial charge in [0.15, 0.2) is 0 Å². The summed E-state index contributed by atoms with van der Waals surface area (Å²) in [6.45, 7) is 0. The van der Waals surface area contributed by atoms with Crippen LogP contribution in [0.3, 0.4) is 0 Å². The minimum absolute atomic E-state index is 0.152. The van der Waals surface area contributed by atoms with Crippen LogP contribution in [0.5, 0.6) is 5.75 Å². The molecule has 0 radical (unpaired) electrons. The standard InChI is InChI=1S/C15H15ClF2N2O/c1-21-15-5-2-10(16)6-9(15)7-14(20-19)12-8-11(17)3-4-13(12)18/h2-6,8,14,20H,7,19H2,1H3. The van der Waals surface area contributed by atoms with Crippen molar-refractivity contribution in [1.29, 1.82) is 0 Å². The SMILES string of the molecule is COc1ccc(Cl)cc1CC(NN)c1cc(F)ccc1F. The molecule has 2 rings (SSSR count). The fraction of sp³-hybridized carbons (Fsp3) is 0.200. The molecule has 0 aliphatic rings. The molecular weight excluding hydrogens is 298 g/mol. The molecule has 3 nitrogen and oxygen atoms in total. The Hall–Kier alpha value is -1.69. The summed E-state index contributed by atoms with van der Waals surface area (Å²) in [5.74, 6) is 5.05. The number of hydrogen-bond donors (Lipinski definition) is 2. The molecule has 2 aromatic carbocycles. The zero-order valence-corrected chi connectivity index (χ0v) is 12.1. The Kier molecular flexibility index (Phi) is 5.12. The highest BCUT2D eigenvalue weighted by molar-refractivity contribution is 6.30. The van der Waals surface area contributed by atoms with Crippen molar-refractivity contribution in [1.82, 2.24) is 5.43 Å². The Labute approximate surface area is 126 Å². The average molecular weight is 313 g/mol. The summed E-state index contributed by atoms with van der Waals surface area (Å²) >= 11 is 5.96. The van der Waals surface area contributed by atoms with Crippen LogP contribution in [-0.4, -0.2) is 7.11 Å². The van der Waals surface area contributed by atoms with E-state index in [9.17, 15) is 8.78 Å². The van der Waals surface area contributed by atoms with E-state index < -0.39 is 17.7 Å². The van der Waals surface area contributed by atoms with E-state index in [1.165, 1.54) is 7.11 Å². The Bertz CT molecular complexity index is 637. The molecule has 3 N–H and O–H groups in total. The summed E-state index contributed by atoms with van der Waals surface area (Å²) < 4.78 is 32.4. The van der Waals surface area contributed by atoms with Gasteiger partial charge in [0.05, 0.1) is 13.2 Å². The average Bonchev–Trinajstić information content (AvgIpc) is 2.47. The van der Waals surface area contributed by atoms with E-state index in [2.05, 4.69) is 5.43 Å². The van der Waals surface area contributed by atoms with Gasteiger partial charge < -0.3 is 4.74 Å². The number of halogens is 3. The molecule has 0 saturated carbocycles. The molecule has 0 aliphatic heterocycles. The quantitative estimate of drug-likeness (QED) is 0.657. The van der Waals surface area contributed by atoms with Crippen LogP contribution in [0.1, 0.15) is 17.2 Å². The van der Waals surface area contributed by atoms with Crippen molar-refractivity contribution in [3.05, 3.63) is 64.2 Å². The van der Waals surface area contributed by atoms with Crippen LogP contribution in [0, 0.1) is 11.6 Å². The summed E-state index contributed by atoms with van der Waals surface area (Å²) in [5, 5.41) is 0.529. The lowest BCUT2D eigenvalue weighted by atomic mass is 9.98. The highest BCUT2D eigenvalue weighted by Crippen LogP contribution is 2.28. The normalized spacial score (nSPS) is 12.2. The minimum atomic E-state index is -0.604. The van der Waals surface area contributed by atoms with Gasteiger partial charge in [-0.3, -0.25) is 11.3 Å². The Morgan fingerprint density at radius 2 is 2.00 bits per heavy atom. The highest BCUT2D eigenvalue weighted by atomic mass is 35.5. The van der Waals surface area contributed by atoms with E-state index >= 15 is 0 Å². The minimum Gasteiger partial charge on any atom is -0.496 e. The third kappa shape index (κ3) is 3.69. The van der Waals surface area contributed by atoms with Crippen LogP contribution in [0.2, 0.25) is 5.02 Å². The van der Waals surface area contributed by atoms with Gasteiger partial charge >= 0.3 is 0 Å². The molecule has 0 amide bonds. The van der Waals surface area contributed by atoms with Gasteiger partial charge in [0.25, 0.3) is 0 Å². The number of methoxy groups -OCH3 is 1. The van der Waals surface area contributed by atoms with Gasteiger partial charge in [0, 0.05) is 10.6 Å². The van der Waals surface area contributed by atoms with E-state index in [-0.39, 0.29) is 5.56 Å². The van der Waals surface area contributed by atoms with Gasteiger partial charge in [-0.25, -0.2) is 8.78 Å². The van der Waals surface area contributed by atoms with E-state index in [4.69, 9.17) is 22.2 Å². The smallest absolute Gasteiger partial charge is 0.128 e. The lowest BCUT2D eigenvalue weighted by molar-refractivity contribution is 0.404. The first-order valence-electron chi connectivity index (χ1n) is 6.28. The molecule has 0 spiro atoms. The third-order valence-corrected chi connectivity index (χ3v) is 3.44. The number of ether oxygens (including phenoxy) is 1. The van der Waals surface area contributed by atoms with E-state index in [1.807, 2.05) is 0 Å². The van der Waals surface area contributed by atoms with E-state index in [0.29, 0.717) is 17.2 Å². The lowest BCUT2D eigenvalue weighted by Gasteiger charge is -2.19. The molecule has 0 bridgehead atoms. The number of nitrogens with two attached hydrogens (primary N) is 1. The van der Waals surface area contributed by atoms with Gasteiger partial charge in [-0.1, -0.05) is 11.6 Å². The van der Waals surface area contributed by atoms with Crippen molar-refractivity contribution >= 4 is 11.6 Å². The van der Waals surface area contributed by atoms with Gasteiger partial charge in [-0.15, -0.1) is 0 Å². The first-order valence-corrected chi connectivity index (χ1v) is 6.66. The fourth-order valence-corrected chi connectivity index (χ4v) is 2.36. The van der Waals surface area contributed by atoms with Crippen molar-refractivity contribution in [3.63, 3.8) is 0 Å². The maximum atomic E-state index is 13.9. The van der Waals surface area contributed by atoms with Crippen LogP contribution in [0.4, 0.5) is 8.78 Å². The van der Waals surface area contributed by atoms with Gasteiger partial charge in [0.2, 0.25) is 0 Å². The molecule has 0 aliphatic carbocycles. The predicted octanol–water partition coefficient (Wildman–Crippen LogP) is 3.37. The molecule has 0 fully saturated rings. The van der Waals surface area contributed by atoms with Gasteiger partial charge in [0.1, 0.15) is 17.4 Å². The van der Waals surface area contributed by atoms with Gasteiger partial charge in [-0.2, -0.15) is 0 Å². The number of nitrogens with one attached hydrogen (secondary N) is 1. The zero-order chi connectivity index (χ0) is 15.4. The van der Waals surface area contributed by atoms with Crippen LogP contribution < -0.4 is 16.0 Å². The van der Waals surface area contributed by atoms with Crippen molar-refractivity contribution in [2.24, 2.45) is 5.84 Å². The maximum Gasteiger partial charge on any atom is 0.128 e. The van der Waals surface area contributed by atoms with Crippen LogP contribution >= 0.6 is 11.6 Å². The van der Waals surface area contributed by atoms with Crippen LogP contribution in [0.25, 0.3) is 0 Å². The second-order valence-electron chi connectivity index (χ2n) is 4.55. The predicted molar refractivity (Wildman–Crippen MR) is 78.1 cm³/mol. The van der Waals surface area contributed by atoms with Crippen LogP contribution in [-0.2, 0) is 6.42 Å². The highest BCUT2D eigenvalue weighted by Gasteiger charge is 2.18. The van der Waals surface area contributed by atoms with E-state index in [0.717, 1.165) is 23.8 Å². The number of hydrogen-bond acceptors (Lipinski definition) is 3. The third-order valence-electron chi connectivity index (χ3n) is 3.20. The fourth-order valence-electron chi connectivity index (χ4n) is 2.17. The topological polar surface area (TPSA) is 47.3 Å².